The zero-order chi connectivity index (χ0) is 18.8. The number of aliphatic hydroxyl groups is 2. The Labute approximate surface area is 201 Å². The first-order valence-corrected chi connectivity index (χ1v) is 9.65. The fourth-order valence-electron chi connectivity index (χ4n) is 1.79. The van der Waals surface area contributed by atoms with Gasteiger partial charge in [-0.3, -0.25) is 4.18 Å². The Bertz CT molecular complexity index is 393. The molecule has 8 nitrogen and oxygen atoms in total. The van der Waals surface area contributed by atoms with Crippen LogP contribution in [0.2, 0.25) is 0 Å². The molecular weight excluding hydrogens is 386 g/mol. The third kappa shape index (κ3) is 36.2. The maximum atomic E-state index is 10.1. The smallest absolute Gasteiger partial charge is 0.726 e. The Kier molecular flexibility index (Phi) is 32.5. The molecule has 146 valence electrons. The first-order chi connectivity index (χ1) is 11.2. The molecule has 0 aliphatic carbocycles. The monoisotopic (exact) mass is 416 g/mol. The van der Waals surface area contributed by atoms with Crippen molar-refractivity contribution in [3.63, 3.8) is 0 Å². The summed E-state index contributed by atoms with van der Waals surface area (Å²) in [6, 6.07) is 0. The largest absolute Gasteiger partial charge is 1.00 e. The number of aliphatic hydroxyl groups excluding tert-OH is 2. The SMILES string of the molecule is CCCCCCCCCCCC(=O)[O-].O=S(=O)([O-])OCC(O)CO.[Na+].[Na+]. The Balaban J connectivity index is -0.000000181. The average Bonchev–Trinajstić information content (AvgIpc) is 2.50. The molecule has 0 aromatic rings. The Morgan fingerprint density at radius 1 is 1.00 bits per heavy atom. The van der Waals surface area contributed by atoms with Crippen LogP contribution in [0.3, 0.4) is 0 Å². The van der Waals surface area contributed by atoms with Gasteiger partial charge >= 0.3 is 59.1 Å². The second-order valence-corrected chi connectivity index (χ2v) is 6.53. The van der Waals surface area contributed by atoms with Crippen molar-refractivity contribution >= 4 is 16.4 Å². The molecule has 26 heavy (non-hydrogen) atoms. The molecule has 0 saturated heterocycles. The second kappa shape index (κ2) is 24.3. The van der Waals surface area contributed by atoms with Crippen LogP contribution >= 0.6 is 0 Å². The van der Waals surface area contributed by atoms with Crippen LogP contribution in [0.5, 0.6) is 0 Å². The van der Waals surface area contributed by atoms with Crippen molar-refractivity contribution in [2.75, 3.05) is 13.2 Å². The summed E-state index contributed by atoms with van der Waals surface area (Å²) in [5.74, 6) is -0.909. The fraction of sp³-hybridized carbons (Fsp3) is 0.933. The van der Waals surface area contributed by atoms with Gasteiger partial charge in [0.1, 0.15) is 6.10 Å². The van der Waals surface area contributed by atoms with Crippen molar-refractivity contribution in [1.29, 1.82) is 0 Å². The van der Waals surface area contributed by atoms with Crippen molar-refractivity contribution in [1.82, 2.24) is 0 Å². The molecule has 0 heterocycles. The third-order valence-corrected chi connectivity index (χ3v) is 3.52. The minimum Gasteiger partial charge on any atom is -0.726 e. The Morgan fingerprint density at radius 3 is 1.77 bits per heavy atom. The van der Waals surface area contributed by atoms with Crippen LogP contribution < -0.4 is 64.2 Å². The van der Waals surface area contributed by atoms with Gasteiger partial charge in [0.25, 0.3) is 0 Å². The Hall–Kier alpha value is 1.26. The summed E-state index contributed by atoms with van der Waals surface area (Å²) in [5.41, 5.74) is 0. The van der Waals surface area contributed by atoms with E-state index in [1.807, 2.05) is 0 Å². The summed E-state index contributed by atoms with van der Waals surface area (Å²) in [5, 5.41) is 26.6. The maximum absolute atomic E-state index is 10.1. The molecule has 0 rings (SSSR count). The van der Waals surface area contributed by atoms with Gasteiger partial charge in [-0.2, -0.15) is 0 Å². The van der Waals surface area contributed by atoms with E-state index in [0.717, 1.165) is 12.8 Å². The molecule has 0 radical (unpaired) electrons. The molecular formula is C15H30Na2O8S. The van der Waals surface area contributed by atoms with E-state index in [1.165, 1.54) is 44.9 Å². The van der Waals surface area contributed by atoms with E-state index in [2.05, 4.69) is 11.1 Å². The molecule has 0 aliphatic heterocycles. The minimum atomic E-state index is -4.75. The zero-order valence-electron chi connectivity index (χ0n) is 16.3. The van der Waals surface area contributed by atoms with E-state index in [1.54, 1.807) is 0 Å². The van der Waals surface area contributed by atoms with Gasteiger partial charge in [0.05, 0.1) is 13.2 Å². The number of aliphatic carboxylic acids is 1. The number of carbonyl (C=O) groups excluding carboxylic acids is 1. The van der Waals surface area contributed by atoms with Gasteiger partial charge in [0, 0.05) is 5.97 Å². The van der Waals surface area contributed by atoms with Crippen LogP contribution in [0.1, 0.15) is 71.1 Å². The number of carboxylic acids is 1. The van der Waals surface area contributed by atoms with Crippen LogP contribution in [0.15, 0.2) is 0 Å². The van der Waals surface area contributed by atoms with Gasteiger partial charge in [-0.05, 0) is 12.8 Å². The van der Waals surface area contributed by atoms with Crippen molar-refractivity contribution in [2.24, 2.45) is 0 Å². The van der Waals surface area contributed by atoms with Gasteiger partial charge in [-0.25, -0.2) is 8.42 Å². The molecule has 0 spiro atoms. The molecule has 1 unspecified atom stereocenters. The molecule has 0 saturated carbocycles. The summed E-state index contributed by atoms with van der Waals surface area (Å²) in [6.07, 6.45) is 9.83. The molecule has 0 aromatic heterocycles. The van der Waals surface area contributed by atoms with E-state index in [9.17, 15) is 22.9 Å². The van der Waals surface area contributed by atoms with Crippen LogP contribution in [0.4, 0.5) is 0 Å². The standard InChI is InChI=1S/C12H24O2.C3H8O6S.2Na/c1-2-3-4-5-6-7-8-9-10-11-12(13)14;4-1-3(5)2-9-10(6,7)8;;/h2-11H2,1H3,(H,13,14);3-5H,1-2H2,(H,6,7,8);;/q;;2*+1/p-2. The van der Waals surface area contributed by atoms with Gasteiger partial charge in [0.2, 0.25) is 10.4 Å². The van der Waals surface area contributed by atoms with Crippen LogP contribution in [0.25, 0.3) is 0 Å². The molecule has 0 aliphatic rings. The number of hydrogen-bond donors (Lipinski definition) is 2. The first-order valence-electron chi connectivity index (χ1n) is 8.32. The van der Waals surface area contributed by atoms with Crippen LogP contribution in [0, 0.1) is 0 Å². The van der Waals surface area contributed by atoms with Gasteiger partial charge in [0.15, 0.2) is 0 Å². The van der Waals surface area contributed by atoms with E-state index < -0.39 is 35.7 Å². The first kappa shape index (κ1) is 34.7. The van der Waals surface area contributed by atoms with Crippen molar-refractivity contribution in [3.8, 4) is 0 Å². The summed E-state index contributed by atoms with van der Waals surface area (Å²) in [7, 11) is -4.75. The molecule has 1 atom stereocenters. The number of hydrogen-bond acceptors (Lipinski definition) is 8. The van der Waals surface area contributed by atoms with Gasteiger partial charge in [-0.15, -0.1) is 0 Å². The van der Waals surface area contributed by atoms with E-state index in [-0.39, 0.29) is 65.5 Å². The summed E-state index contributed by atoms with van der Waals surface area (Å²) >= 11 is 0. The Morgan fingerprint density at radius 2 is 1.42 bits per heavy atom. The van der Waals surface area contributed by atoms with E-state index in [4.69, 9.17) is 10.2 Å². The predicted molar refractivity (Wildman–Crippen MR) is 85.6 cm³/mol. The fourth-order valence-corrected chi connectivity index (χ4v) is 2.12. The zero-order valence-corrected chi connectivity index (χ0v) is 21.1. The van der Waals surface area contributed by atoms with Crippen molar-refractivity contribution in [2.45, 2.75) is 77.2 Å². The van der Waals surface area contributed by atoms with E-state index in [0.29, 0.717) is 0 Å². The molecule has 2 N–H and O–H groups in total. The normalized spacial score (nSPS) is 11.4. The molecule has 0 fully saturated rings. The van der Waals surface area contributed by atoms with Gasteiger partial charge in [-0.1, -0.05) is 58.3 Å². The van der Waals surface area contributed by atoms with Crippen molar-refractivity contribution < 1.29 is 96.4 Å². The van der Waals surface area contributed by atoms with E-state index >= 15 is 0 Å². The molecule has 0 bridgehead atoms. The number of rotatable bonds is 14. The minimum absolute atomic E-state index is 0. The van der Waals surface area contributed by atoms with Crippen molar-refractivity contribution in [3.05, 3.63) is 0 Å². The summed E-state index contributed by atoms with van der Waals surface area (Å²) in [6.45, 7) is 0.873. The summed E-state index contributed by atoms with van der Waals surface area (Å²) < 4.78 is 32.6. The van der Waals surface area contributed by atoms with Gasteiger partial charge < -0.3 is 24.7 Å². The molecule has 0 amide bonds. The average molecular weight is 416 g/mol. The second-order valence-electron chi connectivity index (χ2n) is 5.48. The quantitative estimate of drug-likeness (QED) is 0.123. The third-order valence-electron chi connectivity index (χ3n) is 3.10. The molecule has 0 aromatic carbocycles. The maximum Gasteiger partial charge on any atom is 1.00 e. The summed E-state index contributed by atoms with van der Waals surface area (Å²) in [4.78, 5) is 10.1. The van der Waals surface area contributed by atoms with Crippen LogP contribution in [-0.4, -0.2) is 48.5 Å². The molecule has 11 heteroatoms. The topological polar surface area (TPSA) is 147 Å². The number of carbonyl (C=O) groups is 1. The predicted octanol–water partition coefficient (Wildman–Crippen LogP) is -5.52. The van der Waals surface area contributed by atoms with Crippen LogP contribution in [-0.2, 0) is 19.4 Å². The number of carboxylic acid groups (broad SMARTS) is 1. The number of unbranched alkanes of at least 4 members (excludes halogenated alkanes) is 8.